The van der Waals surface area contributed by atoms with Crippen LogP contribution in [0, 0.1) is 13.8 Å². The van der Waals surface area contributed by atoms with Gasteiger partial charge in [0.05, 0.1) is 5.56 Å². The van der Waals surface area contributed by atoms with E-state index in [1.54, 1.807) is 12.3 Å². The molecule has 0 radical (unpaired) electrons. The standard InChI is InChI=1S/C14H16N2O2/c1-10-8-13(14(17)18)11(2)16(10)7-5-12-4-3-6-15-9-12/h3-4,6,8-9H,5,7H2,1-2H3,(H,17,18). The quantitative estimate of drug-likeness (QED) is 0.898. The van der Waals surface area contributed by atoms with Crippen LogP contribution in [-0.2, 0) is 13.0 Å². The van der Waals surface area contributed by atoms with Gasteiger partial charge >= 0.3 is 5.97 Å². The van der Waals surface area contributed by atoms with E-state index >= 15 is 0 Å². The van der Waals surface area contributed by atoms with E-state index in [2.05, 4.69) is 4.98 Å². The van der Waals surface area contributed by atoms with E-state index in [-0.39, 0.29) is 0 Å². The summed E-state index contributed by atoms with van der Waals surface area (Å²) in [5, 5.41) is 9.07. The van der Waals surface area contributed by atoms with Gasteiger partial charge in [-0.05, 0) is 38.0 Å². The van der Waals surface area contributed by atoms with Gasteiger partial charge in [0.1, 0.15) is 0 Å². The van der Waals surface area contributed by atoms with Crippen LogP contribution in [0.15, 0.2) is 30.6 Å². The third kappa shape index (κ3) is 2.42. The van der Waals surface area contributed by atoms with Crippen molar-refractivity contribution in [1.82, 2.24) is 9.55 Å². The molecule has 4 nitrogen and oxygen atoms in total. The summed E-state index contributed by atoms with van der Waals surface area (Å²) >= 11 is 0. The van der Waals surface area contributed by atoms with E-state index in [4.69, 9.17) is 5.11 Å². The molecule has 2 rings (SSSR count). The molecule has 2 aromatic heterocycles. The average molecular weight is 244 g/mol. The first-order valence-corrected chi connectivity index (χ1v) is 5.88. The Morgan fingerprint density at radius 3 is 2.78 bits per heavy atom. The normalized spacial score (nSPS) is 10.6. The highest BCUT2D eigenvalue weighted by atomic mass is 16.4. The van der Waals surface area contributed by atoms with Crippen LogP contribution >= 0.6 is 0 Å². The molecule has 0 atom stereocenters. The number of hydrogen-bond donors (Lipinski definition) is 1. The average Bonchev–Trinajstić information content (AvgIpc) is 2.64. The Kier molecular flexibility index (Phi) is 3.46. The summed E-state index contributed by atoms with van der Waals surface area (Å²) in [7, 11) is 0. The lowest BCUT2D eigenvalue weighted by Gasteiger charge is -2.09. The van der Waals surface area contributed by atoms with E-state index in [0.29, 0.717) is 5.56 Å². The molecule has 4 heteroatoms. The van der Waals surface area contributed by atoms with E-state index in [1.165, 1.54) is 0 Å². The van der Waals surface area contributed by atoms with Gasteiger partial charge in [-0.25, -0.2) is 4.79 Å². The van der Waals surface area contributed by atoms with Crippen molar-refractivity contribution in [1.29, 1.82) is 0 Å². The number of aromatic nitrogens is 2. The fourth-order valence-electron chi connectivity index (χ4n) is 2.15. The number of hydrogen-bond acceptors (Lipinski definition) is 2. The zero-order valence-electron chi connectivity index (χ0n) is 10.6. The number of aryl methyl sites for hydroxylation is 2. The summed E-state index contributed by atoms with van der Waals surface area (Å²) in [6.07, 6.45) is 4.44. The van der Waals surface area contributed by atoms with Crippen molar-refractivity contribution < 1.29 is 9.90 Å². The minimum absolute atomic E-state index is 0.388. The smallest absolute Gasteiger partial charge is 0.337 e. The van der Waals surface area contributed by atoms with Gasteiger partial charge in [-0.3, -0.25) is 4.98 Å². The summed E-state index contributed by atoms with van der Waals surface area (Å²) in [6.45, 7) is 4.55. The highest BCUT2D eigenvalue weighted by Crippen LogP contribution is 2.15. The summed E-state index contributed by atoms with van der Waals surface area (Å²) < 4.78 is 2.04. The second kappa shape index (κ2) is 5.04. The van der Waals surface area contributed by atoms with Crippen molar-refractivity contribution in [2.24, 2.45) is 0 Å². The van der Waals surface area contributed by atoms with Crippen molar-refractivity contribution in [3.8, 4) is 0 Å². The third-order valence-electron chi connectivity index (χ3n) is 3.15. The van der Waals surface area contributed by atoms with Gasteiger partial charge in [-0.1, -0.05) is 6.07 Å². The summed E-state index contributed by atoms with van der Waals surface area (Å²) in [5.74, 6) is -0.865. The molecular weight excluding hydrogens is 228 g/mol. The van der Waals surface area contributed by atoms with Gasteiger partial charge in [0.25, 0.3) is 0 Å². The maximum Gasteiger partial charge on any atom is 0.337 e. The van der Waals surface area contributed by atoms with Gasteiger partial charge in [0.2, 0.25) is 0 Å². The van der Waals surface area contributed by atoms with Gasteiger partial charge in [0.15, 0.2) is 0 Å². The molecule has 18 heavy (non-hydrogen) atoms. The van der Waals surface area contributed by atoms with Crippen LogP contribution in [0.1, 0.15) is 27.3 Å². The largest absolute Gasteiger partial charge is 0.478 e. The second-order valence-corrected chi connectivity index (χ2v) is 4.35. The van der Waals surface area contributed by atoms with E-state index < -0.39 is 5.97 Å². The maximum absolute atomic E-state index is 11.0. The Bertz CT molecular complexity index is 559. The van der Waals surface area contributed by atoms with Crippen molar-refractivity contribution in [3.63, 3.8) is 0 Å². The molecule has 0 saturated heterocycles. The first-order chi connectivity index (χ1) is 8.59. The van der Waals surface area contributed by atoms with Crippen LogP contribution in [-0.4, -0.2) is 20.6 Å². The predicted octanol–water partition coefficient (Wildman–Crippen LogP) is 2.44. The predicted molar refractivity (Wildman–Crippen MR) is 68.8 cm³/mol. The van der Waals surface area contributed by atoms with Gasteiger partial charge in [-0.2, -0.15) is 0 Å². The molecule has 0 spiro atoms. The topological polar surface area (TPSA) is 55.1 Å². The minimum Gasteiger partial charge on any atom is -0.478 e. The molecular formula is C14H16N2O2. The Labute approximate surface area is 106 Å². The summed E-state index contributed by atoms with van der Waals surface area (Å²) in [5.41, 5.74) is 3.33. The van der Waals surface area contributed by atoms with Crippen molar-refractivity contribution in [3.05, 3.63) is 53.1 Å². The molecule has 0 amide bonds. The zero-order valence-corrected chi connectivity index (χ0v) is 10.6. The Morgan fingerprint density at radius 2 is 2.22 bits per heavy atom. The molecule has 94 valence electrons. The minimum atomic E-state index is -0.865. The van der Waals surface area contributed by atoms with Crippen LogP contribution in [0.3, 0.4) is 0 Å². The Balaban J connectivity index is 2.17. The molecule has 0 aliphatic rings. The van der Waals surface area contributed by atoms with E-state index in [0.717, 1.165) is 29.9 Å². The van der Waals surface area contributed by atoms with Gasteiger partial charge in [0, 0.05) is 30.3 Å². The van der Waals surface area contributed by atoms with Crippen LogP contribution in [0.5, 0.6) is 0 Å². The molecule has 0 fully saturated rings. The highest BCUT2D eigenvalue weighted by Gasteiger charge is 2.14. The molecule has 0 bridgehead atoms. The van der Waals surface area contributed by atoms with Crippen LogP contribution in [0.25, 0.3) is 0 Å². The molecule has 0 aromatic carbocycles. The fourth-order valence-corrected chi connectivity index (χ4v) is 2.15. The van der Waals surface area contributed by atoms with Crippen molar-refractivity contribution in [2.75, 3.05) is 0 Å². The highest BCUT2D eigenvalue weighted by molar-refractivity contribution is 5.89. The van der Waals surface area contributed by atoms with E-state index in [9.17, 15) is 4.79 Å². The van der Waals surface area contributed by atoms with Crippen LogP contribution in [0.2, 0.25) is 0 Å². The number of nitrogens with zero attached hydrogens (tertiary/aromatic N) is 2. The fraction of sp³-hybridized carbons (Fsp3) is 0.286. The molecule has 2 aromatic rings. The van der Waals surface area contributed by atoms with Gasteiger partial charge in [-0.15, -0.1) is 0 Å². The third-order valence-corrected chi connectivity index (χ3v) is 3.15. The number of carbonyl (C=O) groups is 1. The number of pyridine rings is 1. The lowest BCUT2D eigenvalue weighted by molar-refractivity contribution is 0.0696. The van der Waals surface area contributed by atoms with Crippen LogP contribution in [0.4, 0.5) is 0 Å². The first-order valence-electron chi connectivity index (χ1n) is 5.88. The molecule has 0 saturated carbocycles. The zero-order chi connectivity index (χ0) is 13.1. The Hall–Kier alpha value is -2.10. The van der Waals surface area contributed by atoms with E-state index in [1.807, 2.05) is 36.7 Å². The maximum atomic E-state index is 11.0. The number of carboxylic acids is 1. The molecule has 1 N–H and O–H groups in total. The number of rotatable bonds is 4. The number of aromatic carboxylic acids is 1. The number of carboxylic acid groups (broad SMARTS) is 1. The molecule has 0 unspecified atom stereocenters. The van der Waals surface area contributed by atoms with Gasteiger partial charge < -0.3 is 9.67 Å². The molecule has 0 aliphatic heterocycles. The van der Waals surface area contributed by atoms with Crippen molar-refractivity contribution in [2.45, 2.75) is 26.8 Å². The Morgan fingerprint density at radius 1 is 1.44 bits per heavy atom. The SMILES string of the molecule is Cc1cc(C(=O)O)c(C)n1CCc1cccnc1. The first kappa shape index (κ1) is 12.4. The lowest BCUT2D eigenvalue weighted by Crippen LogP contribution is -2.07. The van der Waals surface area contributed by atoms with Crippen molar-refractivity contribution >= 4 is 5.97 Å². The molecule has 2 heterocycles. The lowest BCUT2D eigenvalue weighted by atomic mass is 10.2. The monoisotopic (exact) mass is 244 g/mol. The summed E-state index contributed by atoms with van der Waals surface area (Å²) in [4.78, 5) is 15.1. The molecule has 0 aliphatic carbocycles. The second-order valence-electron chi connectivity index (χ2n) is 4.35. The summed E-state index contributed by atoms with van der Waals surface area (Å²) in [6, 6.07) is 5.66. The van der Waals surface area contributed by atoms with Crippen LogP contribution < -0.4 is 0 Å².